The third-order valence-corrected chi connectivity index (χ3v) is 4.60. The van der Waals surface area contributed by atoms with Gasteiger partial charge in [-0.2, -0.15) is 0 Å². The first kappa shape index (κ1) is 15.1. The lowest BCUT2D eigenvalue weighted by Crippen LogP contribution is -2.34. The Bertz CT molecular complexity index is 731. The summed E-state index contributed by atoms with van der Waals surface area (Å²) in [6.07, 6.45) is 3.24. The number of hydrogen-bond acceptors (Lipinski definition) is 2. The number of benzene rings is 2. The SMILES string of the molecule is Cc1cc2c(cc1B(O)O)C(c1ccccc1)=CCC2(C)C. The largest absolute Gasteiger partial charge is 0.488 e. The van der Waals surface area contributed by atoms with Crippen molar-refractivity contribution >= 4 is 18.2 Å². The smallest absolute Gasteiger partial charge is 0.423 e. The standard InChI is InChI=1S/C19H21BO2/c1-13-11-17-16(12-18(13)20(21)22)15(9-10-19(17,2)3)14-7-5-4-6-8-14/h4-9,11-12,21-22H,10H2,1-3H3. The molecular formula is C19H21BO2. The van der Waals surface area contributed by atoms with Gasteiger partial charge in [0.05, 0.1) is 0 Å². The Kier molecular flexibility index (Phi) is 3.71. The van der Waals surface area contributed by atoms with E-state index in [0.717, 1.165) is 17.5 Å². The van der Waals surface area contributed by atoms with E-state index in [-0.39, 0.29) is 5.41 Å². The van der Waals surface area contributed by atoms with Crippen LogP contribution in [0.25, 0.3) is 5.57 Å². The van der Waals surface area contributed by atoms with E-state index in [1.165, 1.54) is 16.7 Å². The maximum absolute atomic E-state index is 9.63. The molecule has 3 heteroatoms. The van der Waals surface area contributed by atoms with Gasteiger partial charge in [-0.15, -0.1) is 0 Å². The van der Waals surface area contributed by atoms with E-state index in [1.54, 1.807) is 0 Å². The van der Waals surface area contributed by atoms with Gasteiger partial charge >= 0.3 is 7.12 Å². The summed E-state index contributed by atoms with van der Waals surface area (Å²) in [7, 11) is -1.44. The quantitative estimate of drug-likeness (QED) is 0.836. The predicted octanol–water partition coefficient (Wildman–Crippen LogP) is 2.79. The van der Waals surface area contributed by atoms with Gasteiger partial charge in [-0.05, 0) is 46.5 Å². The van der Waals surface area contributed by atoms with E-state index in [9.17, 15) is 10.0 Å². The molecule has 0 fully saturated rings. The molecule has 0 aliphatic heterocycles. The molecular weight excluding hydrogens is 271 g/mol. The van der Waals surface area contributed by atoms with Crippen LogP contribution in [0, 0.1) is 6.92 Å². The third-order valence-electron chi connectivity index (χ3n) is 4.60. The second kappa shape index (κ2) is 5.42. The molecule has 0 radical (unpaired) electrons. The van der Waals surface area contributed by atoms with Crippen LogP contribution in [0.15, 0.2) is 48.5 Å². The van der Waals surface area contributed by atoms with E-state index < -0.39 is 7.12 Å². The summed E-state index contributed by atoms with van der Waals surface area (Å²) >= 11 is 0. The van der Waals surface area contributed by atoms with Crippen molar-refractivity contribution in [1.29, 1.82) is 0 Å². The zero-order valence-corrected chi connectivity index (χ0v) is 13.3. The van der Waals surface area contributed by atoms with Crippen molar-refractivity contribution in [2.75, 3.05) is 0 Å². The van der Waals surface area contributed by atoms with Crippen LogP contribution in [0.1, 0.15) is 42.5 Å². The van der Waals surface area contributed by atoms with Gasteiger partial charge < -0.3 is 10.0 Å². The number of rotatable bonds is 2. The summed E-state index contributed by atoms with van der Waals surface area (Å²) < 4.78 is 0. The summed E-state index contributed by atoms with van der Waals surface area (Å²) in [6, 6.07) is 14.3. The molecule has 1 aliphatic rings. The highest BCUT2D eigenvalue weighted by Gasteiger charge is 2.30. The Morgan fingerprint density at radius 1 is 1.05 bits per heavy atom. The summed E-state index contributed by atoms with van der Waals surface area (Å²) in [5.74, 6) is 0. The van der Waals surface area contributed by atoms with Gasteiger partial charge in [-0.1, -0.05) is 68.0 Å². The van der Waals surface area contributed by atoms with Gasteiger partial charge in [0, 0.05) is 0 Å². The van der Waals surface area contributed by atoms with Crippen molar-refractivity contribution < 1.29 is 10.0 Å². The number of hydrogen-bond donors (Lipinski definition) is 2. The fourth-order valence-electron chi connectivity index (χ4n) is 3.25. The third kappa shape index (κ3) is 2.51. The maximum atomic E-state index is 9.63. The van der Waals surface area contributed by atoms with Gasteiger partial charge in [0.15, 0.2) is 0 Å². The van der Waals surface area contributed by atoms with Crippen LogP contribution in [-0.2, 0) is 5.41 Å². The molecule has 22 heavy (non-hydrogen) atoms. The van der Waals surface area contributed by atoms with Crippen LogP contribution < -0.4 is 5.46 Å². The van der Waals surface area contributed by atoms with Crippen LogP contribution >= 0.6 is 0 Å². The van der Waals surface area contributed by atoms with Crippen molar-refractivity contribution in [3.05, 3.63) is 70.8 Å². The lowest BCUT2D eigenvalue weighted by Gasteiger charge is -2.33. The predicted molar refractivity (Wildman–Crippen MR) is 92.2 cm³/mol. The van der Waals surface area contributed by atoms with Gasteiger partial charge in [0.1, 0.15) is 0 Å². The fraction of sp³-hybridized carbons (Fsp3) is 0.263. The molecule has 2 N–H and O–H groups in total. The zero-order chi connectivity index (χ0) is 15.9. The van der Waals surface area contributed by atoms with E-state index in [0.29, 0.717) is 5.46 Å². The fourth-order valence-corrected chi connectivity index (χ4v) is 3.25. The summed E-state index contributed by atoms with van der Waals surface area (Å²) in [5.41, 5.74) is 6.29. The minimum absolute atomic E-state index is 0.0529. The molecule has 0 atom stereocenters. The lowest BCUT2D eigenvalue weighted by atomic mass is 9.67. The van der Waals surface area contributed by atoms with Crippen LogP contribution in [0.2, 0.25) is 0 Å². The van der Waals surface area contributed by atoms with Crippen LogP contribution in [0.4, 0.5) is 0 Å². The van der Waals surface area contributed by atoms with Crippen molar-refractivity contribution in [2.45, 2.75) is 32.6 Å². The second-order valence-electron chi connectivity index (χ2n) is 6.70. The monoisotopic (exact) mass is 292 g/mol. The molecule has 0 saturated heterocycles. The summed E-state index contributed by atoms with van der Waals surface area (Å²) in [4.78, 5) is 0. The Labute approximate surface area is 132 Å². The zero-order valence-electron chi connectivity index (χ0n) is 13.3. The van der Waals surface area contributed by atoms with Gasteiger partial charge in [-0.3, -0.25) is 0 Å². The Morgan fingerprint density at radius 2 is 1.73 bits per heavy atom. The topological polar surface area (TPSA) is 40.5 Å². The van der Waals surface area contributed by atoms with E-state index >= 15 is 0 Å². The molecule has 0 spiro atoms. The highest BCUT2D eigenvalue weighted by molar-refractivity contribution is 6.59. The minimum Gasteiger partial charge on any atom is -0.423 e. The van der Waals surface area contributed by atoms with Crippen molar-refractivity contribution in [1.82, 2.24) is 0 Å². The normalized spacial score (nSPS) is 16.0. The molecule has 0 saturated carbocycles. The molecule has 0 bridgehead atoms. The molecule has 0 aromatic heterocycles. The molecule has 3 rings (SSSR count). The van der Waals surface area contributed by atoms with E-state index in [2.05, 4.69) is 38.1 Å². The van der Waals surface area contributed by atoms with Crippen molar-refractivity contribution in [3.63, 3.8) is 0 Å². The molecule has 2 aromatic rings. The second-order valence-corrected chi connectivity index (χ2v) is 6.70. The van der Waals surface area contributed by atoms with Crippen LogP contribution in [0.5, 0.6) is 0 Å². The number of allylic oxidation sites excluding steroid dienone is 1. The van der Waals surface area contributed by atoms with E-state index in [1.807, 2.05) is 31.2 Å². The molecule has 2 nitrogen and oxygen atoms in total. The first-order valence-corrected chi connectivity index (χ1v) is 7.67. The minimum atomic E-state index is -1.44. The van der Waals surface area contributed by atoms with Crippen molar-refractivity contribution in [3.8, 4) is 0 Å². The van der Waals surface area contributed by atoms with Gasteiger partial charge in [0.25, 0.3) is 0 Å². The average molecular weight is 292 g/mol. The van der Waals surface area contributed by atoms with Crippen LogP contribution in [-0.4, -0.2) is 17.2 Å². The highest BCUT2D eigenvalue weighted by atomic mass is 16.4. The summed E-state index contributed by atoms with van der Waals surface area (Å²) in [5, 5.41) is 19.3. The molecule has 0 amide bonds. The Morgan fingerprint density at radius 3 is 2.36 bits per heavy atom. The van der Waals surface area contributed by atoms with Crippen LogP contribution in [0.3, 0.4) is 0 Å². The highest BCUT2D eigenvalue weighted by Crippen LogP contribution is 2.41. The maximum Gasteiger partial charge on any atom is 0.488 e. The van der Waals surface area contributed by atoms with Gasteiger partial charge in [0.2, 0.25) is 0 Å². The Hall–Kier alpha value is -1.84. The first-order chi connectivity index (χ1) is 10.4. The molecule has 0 heterocycles. The van der Waals surface area contributed by atoms with Gasteiger partial charge in [-0.25, -0.2) is 0 Å². The molecule has 2 aromatic carbocycles. The summed E-state index contributed by atoms with van der Waals surface area (Å²) in [6.45, 7) is 6.41. The number of aryl methyl sites for hydroxylation is 1. The van der Waals surface area contributed by atoms with Crippen molar-refractivity contribution in [2.24, 2.45) is 0 Å². The molecule has 1 aliphatic carbocycles. The molecule has 0 unspecified atom stereocenters. The molecule has 112 valence electrons. The average Bonchev–Trinajstić information content (AvgIpc) is 2.48. The first-order valence-electron chi connectivity index (χ1n) is 7.67. The lowest BCUT2D eigenvalue weighted by molar-refractivity contribution is 0.425. The van der Waals surface area contributed by atoms with E-state index in [4.69, 9.17) is 0 Å². The Balaban J connectivity index is 2.24. The number of fused-ring (bicyclic) bond motifs is 1.